The van der Waals surface area contributed by atoms with E-state index in [4.69, 9.17) is 15.2 Å². The maximum Gasteiger partial charge on any atom is 0.325 e. The van der Waals surface area contributed by atoms with E-state index in [1.54, 1.807) is 13.8 Å². The van der Waals surface area contributed by atoms with E-state index in [0.717, 1.165) is 11.3 Å². The molecule has 2 N–H and O–H groups in total. The van der Waals surface area contributed by atoms with Crippen molar-refractivity contribution in [1.82, 2.24) is 0 Å². The number of carbonyl (C=O) groups is 1. The van der Waals surface area contributed by atoms with E-state index in [-0.39, 0.29) is 5.97 Å². The molecule has 0 fully saturated rings. The fraction of sp³-hybridized carbons (Fsp3) is 0.533. The minimum Gasteiger partial charge on any atom is -0.494 e. The van der Waals surface area contributed by atoms with Crippen LogP contribution in [-0.4, -0.2) is 24.7 Å². The molecular weight excluding hydrogens is 242 g/mol. The highest BCUT2D eigenvalue weighted by atomic mass is 16.5. The van der Waals surface area contributed by atoms with E-state index in [0.29, 0.717) is 26.1 Å². The van der Waals surface area contributed by atoms with Crippen LogP contribution in [0.1, 0.15) is 32.3 Å². The molecule has 0 bridgehead atoms. The minimum absolute atomic E-state index is 0.353. The van der Waals surface area contributed by atoms with Gasteiger partial charge in [-0.1, -0.05) is 12.1 Å². The normalized spacial score (nSPS) is 13.7. The third kappa shape index (κ3) is 5.30. The van der Waals surface area contributed by atoms with Gasteiger partial charge in [0.05, 0.1) is 13.2 Å². The third-order valence-electron chi connectivity index (χ3n) is 2.84. The van der Waals surface area contributed by atoms with Crippen molar-refractivity contribution in [2.45, 2.75) is 39.2 Å². The predicted molar refractivity (Wildman–Crippen MR) is 75.1 cm³/mol. The van der Waals surface area contributed by atoms with Crippen LogP contribution in [0.3, 0.4) is 0 Å². The highest BCUT2D eigenvalue weighted by Gasteiger charge is 2.29. The fourth-order valence-electron chi connectivity index (χ4n) is 1.73. The van der Waals surface area contributed by atoms with Crippen molar-refractivity contribution in [2.24, 2.45) is 5.73 Å². The summed E-state index contributed by atoms with van der Waals surface area (Å²) < 4.78 is 10.5. The summed E-state index contributed by atoms with van der Waals surface area (Å²) in [5.74, 6) is 0.486. The van der Waals surface area contributed by atoms with Gasteiger partial charge >= 0.3 is 5.97 Å². The summed E-state index contributed by atoms with van der Waals surface area (Å²) >= 11 is 0. The van der Waals surface area contributed by atoms with Gasteiger partial charge in [0.15, 0.2) is 0 Å². The van der Waals surface area contributed by atoms with Gasteiger partial charge < -0.3 is 15.2 Å². The van der Waals surface area contributed by atoms with Gasteiger partial charge in [0, 0.05) is 0 Å². The van der Waals surface area contributed by atoms with Crippen molar-refractivity contribution in [3.8, 4) is 5.75 Å². The lowest BCUT2D eigenvalue weighted by Crippen LogP contribution is -2.46. The first kappa shape index (κ1) is 15.5. The Kier molecular flexibility index (Phi) is 5.83. The molecule has 0 radical (unpaired) electrons. The smallest absolute Gasteiger partial charge is 0.325 e. The fourth-order valence-corrected chi connectivity index (χ4v) is 1.73. The number of ether oxygens (including phenoxy) is 2. The number of hydrogen-bond donors (Lipinski definition) is 1. The molecule has 1 unspecified atom stereocenters. The first-order valence-corrected chi connectivity index (χ1v) is 6.61. The molecular formula is C15H23NO3. The number of esters is 1. The molecule has 4 heteroatoms. The van der Waals surface area contributed by atoms with Crippen LogP contribution in [0.2, 0.25) is 0 Å². The largest absolute Gasteiger partial charge is 0.494 e. The predicted octanol–water partition coefficient (Wildman–Crippen LogP) is 2.43. The number of benzene rings is 1. The molecule has 1 atom stereocenters. The van der Waals surface area contributed by atoms with E-state index in [9.17, 15) is 4.79 Å². The highest BCUT2D eigenvalue weighted by molar-refractivity contribution is 5.79. The van der Waals surface area contributed by atoms with Crippen molar-refractivity contribution in [2.75, 3.05) is 13.2 Å². The van der Waals surface area contributed by atoms with E-state index in [1.807, 2.05) is 31.2 Å². The van der Waals surface area contributed by atoms with Crippen molar-refractivity contribution >= 4 is 5.97 Å². The zero-order valence-corrected chi connectivity index (χ0v) is 11.9. The number of hydrogen-bond acceptors (Lipinski definition) is 4. The lowest BCUT2D eigenvalue weighted by molar-refractivity contribution is -0.149. The Morgan fingerprint density at radius 3 is 2.79 bits per heavy atom. The maximum absolute atomic E-state index is 11.6. The van der Waals surface area contributed by atoms with E-state index in [1.165, 1.54) is 0 Å². The SMILES string of the molecule is CCOC(=O)C(C)(N)CCCOc1cccc(C)c1. The number of nitrogens with two attached hydrogens (primary N) is 1. The zero-order chi connectivity index (χ0) is 14.3. The Bertz CT molecular complexity index is 416. The molecule has 0 aromatic heterocycles. The second-order valence-electron chi connectivity index (χ2n) is 4.91. The number of aryl methyl sites for hydroxylation is 1. The summed E-state index contributed by atoms with van der Waals surface area (Å²) in [6, 6.07) is 7.87. The monoisotopic (exact) mass is 265 g/mol. The molecule has 1 rings (SSSR count). The summed E-state index contributed by atoms with van der Waals surface area (Å²) in [4.78, 5) is 11.6. The van der Waals surface area contributed by atoms with Crippen molar-refractivity contribution in [3.63, 3.8) is 0 Å². The minimum atomic E-state index is -0.939. The van der Waals surface area contributed by atoms with Crippen molar-refractivity contribution in [1.29, 1.82) is 0 Å². The number of carbonyl (C=O) groups excluding carboxylic acids is 1. The van der Waals surface area contributed by atoms with E-state index >= 15 is 0 Å². The quantitative estimate of drug-likeness (QED) is 0.607. The van der Waals surface area contributed by atoms with Crippen LogP contribution in [-0.2, 0) is 9.53 Å². The molecule has 0 saturated carbocycles. The molecule has 0 aliphatic heterocycles. The van der Waals surface area contributed by atoms with Crippen LogP contribution in [0.5, 0.6) is 5.75 Å². The average molecular weight is 265 g/mol. The van der Waals surface area contributed by atoms with Gasteiger partial charge in [-0.25, -0.2) is 0 Å². The first-order chi connectivity index (χ1) is 8.95. The summed E-state index contributed by atoms with van der Waals surface area (Å²) in [6.45, 7) is 6.37. The van der Waals surface area contributed by atoms with Gasteiger partial charge in [-0.15, -0.1) is 0 Å². The second-order valence-corrected chi connectivity index (χ2v) is 4.91. The van der Waals surface area contributed by atoms with Crippen LogP contribution in [0, 0.1) is 6.92 Å². The van der Waals surface area contributed by atoms with Gasteiger partial charge in [-0.2, -0.15) is 0 Å². The highest BCUT2D eigenvalue weighted by Crippen LogP contribution is 2.15. The van der Waals surface area contributed by atoms with Crippen LogP contribution in [0.4, 0.5) is 0 Å². The van der Waals surface area contributed by atoms with Crippen molar-refractivity contribution in [3.05, 3.63) is 29.8 Å². The molecule has 0 aliphatic carbocycles. The molecule has 0 amide bonds. The van der Waals surface area contributed by atoms with Gasteiger partial charge in [-0.05, 0) is 51.3 Å². The number of rotatable bonds is 7. The Morgan fingerprint density at radius 2 is 2.16 bits per heavy atom. The van der Waals surface area contributed by atoms with Gasteiger partial charge in [0.2, 0.25) is 0 Å². The van der Waals surface area contributed by atoms with Gasteiger partial charge in [0.1, 0.15) is 11.3 Å². The zero-order valence-electron chi connectivity index (χ0n) is 11.9. The van der Waals surface area contributed by atoms with Crippen LogP contribution >= 0.6 is 0 Å². The first-order valence-electron chi connectivity index (χ1n) is 6.61. The lowest BCUT2D eigenvalue weighted by Gasteiger charge is -2.22. The molecule has 0 saturated heterocycles. The van der Waals surface area contributed by atoms with Crippen LogP contribution < -0.4 is 10.5 Å². The molecule has 0 heterocycles. The Morgan fingerprint density at radius 1 is 1.42 bits per heavy atom. The Labute approximate surface area is 114 Å². The molecule has 4 nitrogen and oxygen atoms in total. The lowest BCUT2D eigenvalue weighted by atomic mass is 9.98. The van der Waals surface area contributed by atoms with Crippen LogP contribution in [0.15, 0.2) is 24.3 Å². The summed E-state index contributed by atoms with van der Waals surface area (Å²) in [5.41, 5.74) is 6.14. The van der Waals surface area contributed by atoms with E-state index in [2.05, 4.69) is 0 Å². The molecule has 1 aromatic rings. The van der Waals surface area contributed by atoms with Gasteiger partial charge in [0.25, 0.3) is 0 Å². The molecule has 0 aliphatic rings. The molecule has 106 valence electrons. The van der Waals surface area contributed by atoms with Crippen LogP contribution in [0.25, 0.3) is 0 Å². The third-order valence-corrected chi connectivity index (χ3v) is 2.84. The molecule has 19 heavy (non-hydrogen) atoms. The summed E-state index contributed by atoms with van der Waals surface area (Å²) in [5, 5.41) is 0. The Balaban J connectivity index is 2.32. The average Bonchev–Trinajstić information content (AvgIpc) is 2.35. The topological polar surface area (TPSA) is 61.5 Å². The molecule has 0 spiro atoms. The second kappa shape index (κ2) is 7.14. The summed E-state index contributed by atoms with van der Waals surface area (Å²) in [7, 11) is 0. The molecule has 1 aromatic carbocycles. The summed E-state index contributed by atoms with van der Waals surface area (Å²) in [6.07, 6.45) is 1.25. The standard InChI is InChI=1S/C15H23NO3/c1-4-18-14(17)15(3,16)9-6-10-19-13-8-5-7-12(2)11-13/h5,7-8,11H,4,6,9-10,16H2,1-3H3. The van der Waals surface area contributed by atoms with Gasteiger partial charge in [-0.3, -0.25) is 4.79 Å². The Hall–Kier alpha value is -1.55. The van der Waals surface area contributed by atoms with E-state index < -0.39 is 5.54 Å². The maximum atomic E-state index is 11.6. The van der Waals surface area contributed by atoms with Crippen molar-refractivity contribution < 1.29 is 14.3 Å².